The molecule has 3 nitrogen and oxygen atoms in total. The van der Waals surface area contributed by atoms with E-state index in [4.69, 9.17) is 9.47 Å². The topological polar surface area (TPSA) is 21.7 Å². The minimum absolute atomic E-state index is 0.179. The van der Waals surface area contributed by atoms with E-state index >= 15 is 0 Å². The summed E-state index contributed by atoms with van der Waals surface area (Å²) in [6.45, 7) is 4.37. The van der Waals surface area contributed by atoms with E-state index in [1.165, 1.54) is 64.5 Å². The molecule has 2 heterocycles. The molecular weight excluding hydrogens is 250 g/mol. The molecule has 4 fully saturated rings. The van der Waals surface area contributed by atoms with Crippen LogP contribution in [0.4, 0.5) is 0 Å². The van der Waals surface area contributed by atoms with Crippen LogP contribution in [0.5, 0.6) is 0 Å². The molecule has 3 heteroatoms. The number of hydrogen-bond acceptors (Lipinski definition) is 3. The van der Waals surface area contributed by atoms with Crippen LogP contribution in [0.25, 0.3) is 0 Å². The van der Waals surface area contributed by atoms with E-state index in [1.807, 2.05) is 0 Å². The molecule has 20 heavy (non-hydrogen) atoms. The van der Waals surface area contributed by atoms with Crippen LogP contribution < -0.4 is 0 Å². The van der Waals surface area contributed by atoms with Gasteiger partial charge in [-0.25, -0.2) is 0 Å². The third kappa shape index (κ3) is 2.42. The monoisotopic (exact) mass is 279 g/mol. The quantitative estimate of drug-likeness (QED) is 0.735. The predicted octanol–water partition coefficient (Wildman–Crippen LogP) is 3.33. The number of hydrogen-bond donors (Lipinski definition) is 0. The maximum absolute atomic E-state index is 5.85. The van der Waals surface area contributed by atoms with Gasteiger partial charge < -0.3 is 9.47 Å². The zero-order chi connectivity index (χ0) is 13.5. The summed E-state index contributed by atoms with van der Waals surface area (Å²) in [5.74, 6) is -0.179. The second-order valence-corrected chi connectivity index (χ2v) is 7.66. The number of likely N-dealkylation sites (tertiary alicyclic amines) is 1. The first-order valence-electron chi connectivity index (χ1n) is 8.81. The van der Waals surface area contributed by atoms with Crippen LogP contribution in [0.3, 0.4) is 0 Å². The molecule has 0 aromatic carbocycles. The predicted molar refractivity (Wildman–Crippen MR) is 78.6 cm³/mol. The molecule has 0 radical (unpaired) electrons. The highest BCUT2D eigenvalue weighted by atomic mass is 16.7. The standard InChI is InChI=1S/C17H29NO2/c1-2-4-8-16(7-3-1)13-18(14-16)15-5-9-17(10-6-15)19-11-12-20-17/h15H,1-14H2. The van der Waals surface area contributed by atoms with Crippen molar-refractivity contribution < 1.29 is 9.47 Å². The first-order valence-corrected chi connectivity index (χ1v) is 8.81. The van der Waals surface area contributed by atoms with E-state index in [2.05, 4.69) is 4.90 Å². The molecule has 4 rings (SSSR count). The fourth-order valence-electron chi connectivity index (χ4n) is 5.06. The second kappa shape index (κ2) is 5.26. The zero-order valence-electron chi connectivity index (χ0n) is 12.7. The maximum atomic E-state index is 5.85. The van der Waals surface area contributed by atoms with Gasteiger partial charge in [-0.3, -0.25) is 4.90 Å². The average Bonchev–Trinajstić information content (AvgIpc) is 2.74. The third-order valence-corrected chi connectivity index (χ3v) is 6.29. The van der Waals surface area contributed by atoms with Crippen molar-refractivity contribution in [2.24, 2.45) is 5.41 Å². The summed E-state index contributed by atoms with van der Waals surface area (Å²) < 4.78 is 11.7. The van der Waals surface area contributed by atoms with E-state index in [0.717, 1.165) is 32.1 Å². The molecule has 0 N–H and O–H groups in total. The highest BCUT2D eigenvalue weighted by Crippen LogP contribution is 2.46. The fourth-order valence-corrected chi connectivity index (χ4v) is 5.06. The molecule has 0 amide bonds. The van der Waals surface area contributed by atoms with E-state index in [9.17, 15) is 0 Å². The molecule has 2 spiro atoms. The number of ether oxygens (including phenoxy) is 2. The Kier molecular flexibility index (Phi) is 3.56. The molecule has 0 bridgehead atoms. The minimum atomic E-state index is -0.179. The van der Waals surface area contributed by atoms with Crippen LogP contribution >= 0.6 is 0 Å². The van der Waals surface area contributed by atoms with Crippen molar-refractivity contribution in [3.8, 4) is 0 Å². The lowest BCUT2D eigenvalue weighted by molar-refractivity contribution is -0.190. The van der Waals surface area contributed by atoms with Crippen LogP contribution in [0, 0.1) is 5.41 Å². The van der Waals surface area contributed by atoms with Crippen LogP contribution in [0.15, 0.2) is 0 Å². The Balaban J connectivity index is 1.29. The summed E-state index contributed by atoms with van der Waals surface area (Å²) in [4.78, 5) is 2.77. The largest absolute Gasteiger partial charge is 0.348 e. The van der Waals surface area contributed by atoms with Crippen molar-refractivity contribution in [3.63, 3.8) is 0 Å². The molecule has 0 unspecified atom stereocenters. The molecule has 114 valence electrons. The Bertz CT molecular complexity index is 325. The van der Waals surface area contributed by atoms with Gasteiger partial charge in [0.25, 0.3) is 0 Å². The van der Waals surface area contributed by atoms with Gasteiger partial charge in [0.05, 0.1) is 13.2 Å². The van der Waals surface area contributed by atoms with Gasteiger partial charge in [-0.1, -0.05) is 25.7 Å². The normalized spacial score (nSPS) is 34.2. The zero-order valence-corrected chi connectivity index (χ0v) is 12.7. The Morgan fingerprint density at radius 3 is 1.95 bits per heavy atom. The van der Waals surface area contributed by atoms with Gasteiger partial charge in [0.2, 0.25) is 0 Å². The summed E-state index contributed by atoms with van der Waals surface area (Å²) >= 11 is 0. The van der Waals surface area contributed by atoms with E-state index in [0.29, 0.717) is 5.41 Å². The number of nitrogens with zero attached hydrogens (tertiary/aromatic N) is 1. The van der Waals surface area contributed by atoms with Gasteiger partial charge in [0, 0.05) is 32.0 Å². The lowest BCUT2D eigenvalue weighted by Crippen LogP contribution is -2.60. The van der Waals surface area contributed by atoms with Crippen molar-refractivity contribution >= 4 is 0 Å². The Morgan fingerprint density at radius 2 is 1.35 bits per heavy atom. The molecule has 0 aromatic rings. The Hall–Kier alpha value is -0.120. The first kappa shape index (κ1) is 13.5. The van der Waals surface area contributed by atoms with Crippen molar-refractivity contribution in [3.05, 3.63) is 0 Å². The summed E-state index contributed by atoms with van der Waals surface area (Å²) in [6, 6.07) is 0.808. The van der Waals surface area contributed by atoms with E-state index < -0.39 is 0 Å². The minimum Gasteiger partial charge on any atom is -0.348 e. The summed E-state index contributed by atoms with van der Waals surface area (Å²) in [7, 11) is 0. The SMILES string of the molecule is C1CCCC2(CC1)CN(C1CCC3(CC1)OCCO3)C2. The van der Waals surface area contributed by atoms with Crippen molar-refractivity contribution in [1.82, 2.24) is 4.90 Å². The summed E-state index contributed by atoms with van der Waals surface area (Å²) in [5.41, 5.74) is 0.714. The van der Waals surface area contributed by atoms with Crippen LogP contribution in [-0.2, 0) is 9.47 Å². The maximum Gasteiger partial charge on any atom is 0.168 e. The lowest BCUT2D eigenvalue weighted by Gasteiger charge is -2.55. The lowest BCUT2D eigenvalue weighted by atomic mass is 9.71. The first-order chi connectivity index (χ1) is 9.79. The molecular formula is C17H29NO2. The molecule has 2 saturated heterocycles. The number of rotatable bonds is 1. The van der Waals surface area contributed by atoms with Crippen molar-refractivity contribution in [2.45, 2.75) is 76.0 Å². The fraction of sp³-hybridized carbons (Fsp3) is 1.00. The Labute approximate surface area is 123 Å². The van der Waals surface area contributed by atoms with Gasteiger partial charge in [-0.15, -0.1) is 0 Å². The molecule has 2 saturated carbocycles. The summed E-state index contributed by atoms with van der Waals surface area (Å²) in [5, 5.41) is 0. The molecule has 4 aliphatic rings. The Morgan fingerprint density at radius 1 is 0.750 bits per heavy atom. The van der Waals surface area contributed by atoms with Crippen LogP contribution in [-0.4, -0.2) is 43.0 Å². The average molecular weight is 279 g/mol. The smallest absolute Gasteiger partial charge is 0.168 e. The highest BCUT2D eigenvalue weighted by molar-refractivity contribution is 5.00. The van der Waals surface area contributed by atoms with E-state index in [-0.39, 0.29) is 5.79 Å². The molecule has 0 aromatic heterocycles. The van der Waals surface area contributed by atoms with Gasteiger partial charge in [0.15, 0.2) is 5.79 Å². The van der Waals surface area contributed by atoms with Gasteiger partial charge >= 0.3 is 0 Å². The van der Waals surface area contributed by atoms with Gasteiger partial charge in [0.1, 0.15) is 0 Å². The second-order valence-electron chi connectivity index (χ2n) is 7.66. The van der Waals surface area contributed by atoms with Gasteiger partial charge in [-0.05, 0) is 31.1 Å². The van der Waals surface area contributed by atoms with Crippen LogP contribution in [0.1, 0.15) is 64.2 Å². The molecule has 0 atom stereocenters. The van der Waals surface area contributed by atoms with Crippen molar-refractivity contribution in [2.75, 3.05) is 26.3 Å². The van der Waals surface area contributed by atoms with Crippen LogP contribution in [0.2, 0.25) is 0 Å². The highest BCUT2D eigenvalue weighted by Gasteiger charge is 2.48. The molecule has 2 aliphatic carbocycles. The summed E-state index contributed by atoms with van der Waals surface area (Å²) in [6.07, 6.45) is 13.7. The third-order valence-electron chi connectivity index (χ3n) is 6.29. The van der Waals surface area contributed by atoms with Crippen molar-refractivity contribution in [1.29, 1.82) is 0 Å². The molecule has 2 aliphatic heterocycles. The van der Waals surface area contributed by atoms with E-state index in [1.54, 1.807) is 0 Å². The van der Waals surface area contributed by atoms with Gasteiger partial charge in [-0.2, -0.15) is 0 Å².